The maximum atomic E-state index is 12.4. The Morgan fingerprint density at radius 3 is 2.83 bits per heavy atom. The van der Waals surface area contributed by atoms with E-state index in [1.807, 2.05) is 17.0 Å². The van der Waals surface area contributed by atoms with E-state index in [4.69, 9.17) is 0 Å². The summed E-state index contributed by atoms with van der Waals surface area (Å²) in [6, 6.07) is 3.96. The number of nitrogens with zero attached hydrogens (tertiary/aromatic N) is 5. The lowest BCUT2D eigenvalue weighted by molar-refractivity contribution is 0.0706. The van der Waals surface area contributed by atoms with E-state index in [1.165, 1.54) is 6.20 Å². The molecule has 3 aromatic heterocycles. The van der Waals surface area contributed by atoms with Crippen LogP contribution in [0.5, 0.6) is 0 Å². The normalized spacial score (nSPS) is 15.9. The Kier molecular flexibility index (Phi) is 3.45. The van der Waals surface area contributed by atoms with Gasteiger partial charge in [-0.25, -0.2) is 9.97 Å². The molecule has 1 amide bonds. The number of hydrogen-bond acceptors (Lipinski definition) is 5. The highest BCUT2D eigenvalue weighted by Gasteiger charge is 2.27. The average molecular weight is 308 g/mol. The molecule has 7 heteroatoms. The van der Waals surface area contributed by atoms with Gasteiger partial charge in [0.15, 0.2) is 5.65 Å². The molecule has 0 radical (unpaired) electrons. The molecule has 0 aliphatic carbocycles. The van der Waals surface area contributed by atoms with Gasteiger partial charge >= 0.3 is 0 Å². The largest absolute Gasteiger partial charge is 0.337 e. The highest BCUT2D eigenvalue weighted by atomic mass is 16.2. The molecule has 0 unspecified atom stereocenters. The van der Waals surface area contributed by atoms with E-state index in [0.717, 1.165) is 29.6 Å². The maximum Gasteiger partial charge on any atom is 0.274 e. The molecule has 116 valence electrons. The summed E-state index contributed by atoms with van der Waals surface area (Å²) in [6.45, 7) is 1.42. The number of pyridine rings is 1. The van der Waals surface area contributed by atoms with Crippen LogP contribution in [-0.4, -0.2) is 49.0 Å². The lowest BCUT2D eigenvalue weighted by Crippen LogP contribution is -2.38. The fraction of sp³-hybridized carbons (Fsp3) is 0.312. The van der Waals surface area contributed by atoms with Crippen LogP contribution in [-0.2, 0) is 0 Å². The fourth-order valence-electron chi connectivity index (χ4n) is 3.12. The molecule has 1 aliphatic rings. The van der Waals surface area contributed by atoms with E-state index in [2.05, 4.69) is 25.1 Å². The summed E-state index contributed by atoms with van der Waals surface area (Å²) in [6.07, 6.45) is 8.18. The Balaban J connectivity index is 1.48. The number of fused-ring (bicyclic) bond motifs is 1. The number of H-pyrrole nitrogens is 1. The lowest BCUT2D eigenvalue weighted by Gasteiger charge is -2.31. The highest BCUT2D eigenvalue weighted by molar-refractivity contribution is 5.92. The third kappa shape index (κ3) is 2.54. The van der Waals surface area contributed by atoms with Gasteiger partial charge in [0.1, 0.15) is 5.69 Å². The number of likely N-dealkylation sites (tertiary alicyclic amines) is 1. The summed E-state index contributed by atoms with van der Waals surface area (Å²) in [4.78, 5) is 26.5. The van der Waals surface area contributed by atoms with Crippen molar-refractivity contribution in [2.24, 2.45) is 0 Å². The second-order valence-corrected chi connectivity index (χ2v) is 5.67. The smallest absolute Gasteiger partial charge is 0.274 e. The topological polar surface area (TPSA) is 87.7 Å². The average Bonchev–Trinajstić information content (AvgIpc) is 3.06. The van der Waals surface area contributed by atoms with Gasteiger partial charge in [0.25, 0.3) is 5.91 Å². The summed E-state index contributed by atoms with van der Waals surface area (Å²) < 4.78 is 0. The predicted octanol–water partition coefficient (Wildman–Crippen LogP) is 1.77. The van der Waals surface area contributed by atoms with Crippen molar-refractivity contribution in [3.63, 3.8) is 0 Å². The molecule has 1 saturated heterocycles. The van der Waals surface area contributed by atoms with Crippen molar-refractivity contribution >= 4 is 16.9 Å². The van der Waals surface area contributed by atoms with Gasteiger partial charge in [-0.15, -0.1) is 0 Å². The van der Waals surface area contributed by atoms with Gasteiger partial charge in [-0.2, -0.15) is 5.10 Å². The van der Waals surface area contributed by atoms with Crippen LogP contribution < -0.4 is 0 Å². The molecule has 0 spiro atoms. The van der Waals surface area contributed by atoms with Gasteiger partial charge in [0.2, 0.25) is 0 Å². The zero-order chi connectivity index (χ0) is 15.6. The first-order chi connectivity index (χ1) is 11.3. The van der Waals surface area contributed by atoms with E-state index < -0.39 is 0 Å². The van der Waals surface area contributed by atoms with Crippen molar-refractivity contribution in [1.29, 1.82) is 0 Å². The Hall–Kier alpha value is -2.83. The number of aromatic nitrogens is 5. The van der Waals surface area contributed by atoms with Crippen LogP contribution in [0.15, 0.2) is 36.9 Å². The van der Waals surface area contributed by atoms with Crippen LogP contribution >= 0.6 is 0 Å². The van der Waals surface area contributed by atoms with Gasteiger partial charge in [0, 0.05) is 48.7 Å². The van der Waals surface area contributed by atoms with Crippen molar-refractivity contribution in [1.82, 2.24) is 30.0 Å². The quantitative estimate of drug-likeness (QED) is 0.779. The van der Waals surface area contributed by atoms with E-state index >= 15 is 0 Å². The molecular weight excluding hydrogens is 292 g/mol. The van der Waals surface area contributed by atoms with Crippen molar-refractivity contribution < 1.29 is 4.79 Å². The van der Waals surface area contributed by atoms with Gasteiger partial charge in [-0.3, -0.25) is 14.9 Å². The van der Waals surface area contributed by atoms with Gasteiger partial charge < -0.3 is 4.90 Å². The third-order valence-corrected chi connectivity index (χ3v) is 4.33. The Morgan fingerprint density at radius 1 is 1.17 bits per heavy atom. The Labute approximate surface area is 132 Å². The number of rotatable bonds is 2. The first-order valence-corrected chi connectivity index (χ1v) is 7.67. The zero-order valence-corrected chi connectivity index (χ0v) is 12.5. The number of carbonyl (C=O) groups excluding carboxylic acids is 1. The molecular formula is C16H16N6O. The highest BCUT2D eigenvalue weighted by Crippen LogP contribution is 2.31. The molecule has 1 N–H and O–H groups in total. The van der Waals surface area contributed by atoms with E-state index in [-0.39, 0.29) is 5.91 Å². The van der Waals surface area contributed by atoms with Crippen molar-refractivity contribution in [2.45, 2.75) is 18.8 Å². The molecule has 23 heavy (non-hydrogen) atoms. The molecule has 0 saturated carbocycles. The molecule has 1 aliphatic heterocycles. The van der Waals surface area contributed by atoms with Crippen LogP contribution in [0.1, 0.15) is 34.9 Å². The van der Waals surface area contributed by atoms with Gasteiger partial charge in [-0.1, -0.05) is 0 Å². The van der Waals surface area contributed by atoms with Crippen molar-refractivity contribution in [3.05, 3.63) is 48.3 Å². The number of aromatic amines is 1. The van der Waals surface area contributed by atoms with Gasteiger partial charge in [-0.05, 0) is 25.0 Å². The van der Waals surface area contributed by atoms with Crippen molar-refractivity contribution in [3.8, 4) is 0 Å². The molecule has 0 atom stereocenters. The predicted molar refractivity (Wildman–Crippen MR) is 83.8 cm³/mol. The minimum absolute atomic E-state index is 0.0484. The molecule has 0 bridgehead atoms. The second kappa shape index (κ2) is 5.75. The number of carbonyl (C=O) groups is 1. The van der Waals surface area contributed by atoms with E-state index in [9.17, 15) is 4.79 Å². The maximum absolute atomic E-state index is 12.4. The first-order valence-electron chi connectivity index (χ1n) is 7.67. The Morgan fingerprint density at radius 2 is 2.04 bits per heavy atom. The number of nitrogens with one attached hydrogen (secondary N) is 1. The van der Waals surface area contributed by atoms with Crippen LogP contribution in [0.2, 0.25) is 0 Å². The summed E-state index contributed by atoms with van der Waals surface area (Å²) in [5.74, 6) is 0.322. The first kappa shape index (κ1) is 13.8. The standard InChI is InChI=1S/C16H16N6O/c23-16(13-10-17-6-7-18-13)22-8-3-11(4-9-22)14-12-2-1-5-19-15(12)21-20-14/h1-2,5-7,10-11H,3-4,8-9H2,(H,19,20,21). The van der Waals surface area contributed by atoms with Gasteiger partial charge in [0.05, 0.1) is 6.20 Å². The fourth-order valence-corrected chi connectivity index (χ4v) is 3.12. The zero-order valence-electron chi connectivity index (χ0n) is 12.5. The number of piperidine rings is 1. The minimum Gasteiger partial charge on any atom is -0.337 e. The molecule has 0 aromatic carbocycles. The van der Waals surface area contributed by atoms with Crippen LogP contribution in [0.25, 0.3) is 11.0 Å². The van der Waals surface area contributed by atoms with Crippen LogP contribution in [0.4, 0.5) is 0 Å². The summed E-state index contributed by atoms with van der Waals surface area (Å²) in [7, 11) is 0. The SMILES string of the molecule is O=C(c1cnccn1)N1CCC(c2[nH]nc3ncccc23)CC1. The molecule has 4 heterocycles. The van der Waals surface area contributed by atoms with E-state index in [0.29, 0.717) is 24.7 Å². The third-order valence-electron chi connectivity index (χ3n) is 4.33. The molecule has 4 rings (SSSR count). The number of hydrogen-bond donors (Lipinski definition) is 1. The van der Waals surface area contributed by atoms with Crippen LogP contribution in [0, 0.1) is 0 Å². The monoisotopic (exact) mass is 308 g/mol. The van der Waals surface area contributed by atoms with E-state index in [1.54, 1.807) is 18.6 Å². The summed E-state index contributed by atoms with van der Waals surface area (Å²) >= 11 is 0. The summed E-state index contributed by atoms with van der Waals surface area (Å²) in [5, 5.41) is 8.46. The molecule has 3 aromatic rings. The molecule has 7 nitrogen and oxygen atoms in total. The van der Waals surface area contributed by atoms with Crippen LogP contribution in [0.3, 0.4) is 0 Å². The summed E-state index contributed by atoms with van der Waals surface area (Å²) in [5.41, 5.74) is 2.28. The number of amides is 1. The second-order valence-electron chi connectivity index (χ2n) is 5.67. The Bertz CT molecular complexity index is 823. The minimum atomic E-state index is -0.0484. The molecule has 1 fully saturated rings. The van der Waals surface area contributed by atoms with Crippen molar-refractivity contribution in [2.75, 3.05) is 13.1 Å². The lowest BCUT2D eigenvalue weighted by atomic mass is 9.92.